The Balaban J connectivity index is 2.13. The number of azo groups is 2. The third-order valence-electron chi connectivity index (χ3n) is 2.72. The van der Waals surface area contributed by atoms with Gasteiger partial charge >= 0.3 is 0 Å². The largest absolute Gasteiger partial charge is 0.206 e. The number of amidine groups is 1. The van der Waals surface area contributed by atoms with Crippen molar-refractivity contribution in [3.8, 4) is 0 Å². The van der Waals surface area contributed by atoms with Crippen molar-refractivity contribution in [3.05, 3.63) is 85.2 Å². The van der Waals surface area contributed by atoms with Crippen molar-refractivity contribution in [2.45, 2.75) is 6.92 Å². The molecule has 0 amide bonds. The molecule has 0 fully saturated rings. The van der Waals surface area contributed by atoms with Gasteiger partial charge in [-0.3, -0.25) is 0 Å². The molecule has 2 aromatic carbocycles. The summed E-state index contributed by atoms with van der Waals surface area (Å²) in [5.74, 6) is 0.810. The van der Waals surface area contributed by atoms with Crippen LogP contribution in [-0.4, -0.2) is 5.84 Å². The fourth-order valence-corrected chi connectivity index (χ4v) is 1.58. The third kappa shape index (κ3) is 5.59. The van der Waals surface area contributed by atoms with Gasteiger partial charge in [0, 0.05) is 0 Å². The molecule has 0 radical (unpaired) electrons. The highest BCUT2D eigenvalue weighted by atomic mass is 15.2. The predicted octanol–water partition coefficient (Wildman–Crippen LogP) is 6.00. The van der Waals surface area contributed by atoms with E-state index in [1.54, 1.807) is 6.08 Å². The zero-order valence-corrected chi connectivity index (χ0v) is 12.9. The summed E-state index contributed by atoms with van der Waals surface area (Å²) in [6, 6.07) is 18.9. The maximum atomic E-state index is 4.28. The molecule has 5 heteroatoms. The van der Waals surface area contributed by atoms with Crippen LogP contribution in [0.4, 0.5) is 11.4 Å². The Kier molecular flexibility index (Phi) is 6.28. The molecule has 0 heterocycles. The first-order chi connectivity index (χ1) is 11.3. The summed E-state index contributed by atoms with van der Waals surface area (Å²) in [5.41, 5.74) is 1.50. The summed E-state index contributed by atoms with van der Waals surface area (Å²) in [6.45, 7) is 5.53. The van der Waals surface area contributed by atoms with Gasteiger partial charge in [0.1, 0.15) is 0 Å². The van der Waals surface area contributed by atoms with E-state index >= 15 is 0 Å². The van der Waals surface area contributed by atoms with Gasteiger partial charge in [0.05, 0.1) is 11.4 Å². The first-order valence-electron chi connectivity index (χ1n) is 7.13. The second-order valence-electron chi connectivity index (χ2n) is 4.39. The molecule has 0 aliphatic rings. The fraction of sp³-hybridized carbons (Fsp3) is 0.0556. The molecule has 2 rings (SSSR count). The predicted molar refractivity (Wildman–Crippen MR) is 93.3 cm³/mol. The highest BCUT2D eigenvalue weighted by Gasteiger charge is 1.95. The van der Waals surface area contributed by atoms with Crippen molar-refractivity contribution in [1.29, 1.82) is 0 Å². The molecule has 0 bridgehead atoms. The summed E-state index contributed by atoms with van der Waals surface area (Å²) in [7, 11) is 0. The number of hydrogen-bond donors (Lipinski definition) is 0. The van der Waals surface area contributed by atoms with Gasteiger partial charge in [0.2, 0.25) is 0 Å². The molecule has 0 spiro atoms. The smallest absolute Gasteiger partial charge is 0.176 e. The first-order valence-corrected chi connectivity index (χ1v) is 7.13. The van der Waals surface area contributed by atoms with Crippen LogP contribution in [0.25, 0.3) is 0 Å². The van der Waals surface area contributed by atoms with Gasteiger partial charge in [-0.2, -0.15) is 0 Å². The molecule has 0 saturated carbocycles. The molecule has 0 aliphatic carbocycles. The van der Waals surface area contributed by atoms with Gasteiger partial charge in [0.15, 0.2) is 11.7 Å². The third-order valence-corrected chi connectivity index (χ3v) is 2.72. The van der Waals surface area contributed by atoms with Gasteiger partial charge in [-0.1, -0.05) is 43.0 Å². The van der Waals surface area contributed by atoms with E-state index in [4.69, 9.17) is 0 Å². The van der Waals surface area contributed by atoms with Crippen molar-refractivity contribution in [2.24, 2.45) is 25.4 Å². The molecule has 0 saturated heterocycles. The lowest BCUT2D eigenvalue weighted by atomic mass is 10.3. The standard InChI is InChI=1S/C18H17N5/c1-3-17(22-20-15-11-7-5-8-12-15)19-18(4-2)23-21-16-13-9-6-10-14-16/h3-14H,1H2,2H3/b18-4+,19-17+,22-20+,23-21+. The van der Waals surface area contributed by atoms with E-state index in [1.165, 1.54) is 6.08 Å². The van der Waals surface area contributed by atoms with Crippen LogP contribution in [-0.2, 0) is 0 Å². The maximum absolute atomic E-state index is 4.28. The molecule has 0 unspecified atom stereocenters. The molecule has 2 aromatic rings. The molecule has 0 aromatic heterocycles. The summed E-state index contributed by atoms with van der Waals surface area (Å²) < 4.78 is 0. The van der Waals surface area contributed by atoms with Gasteiger partial charge in [-0.25, -0.2) is 4.99 Å². The SMILES string of the molecule is C=CC(/N=N/c1ccccc1)=N\C(=C/C)\N=N\c1ccccc1. The van der Waals surface area contributed by atoms with Crippen molar-refractivity contribution >= 4 is 17.2 Å². The van der Waals surface area contributed by atoms with Gasteiger partial charge in [-0.05, 0) is 43.3 Å². The lowest BCUT2D eigenvalue weighted by Gasteiger charge is -1.95. The van der Waals surface area contributed by atoms with Crippen molar-refractivity contribution in [1.82, 2.24) is 0 Å². The van der Waals surface area contributed by atoms with Crippen LogP contribution in [0.2, 0.25) is 0 Å². The topological polar surface area (TPSA) is 61.8 Å². The van der Waals surface area contributed by atoms with Crippen molar-refractivity contribution in [3.63, 3.8) is 0 Å². The van der Waals surface area contributed by atoms with Gasteiger partial charge in [-0.15, -0.1) is 20.5 Å². The monoisotopic (exact) mass is 303 g/mol. The first kappa shape index (κ1) is 16.2. The zero-order valence-electron chi connectivity index (χ0n) is 12.9. The summed E-state index contributed by atoms with van der Waals surface area (Å²) in [5, 5.41) is 16.4. The van der Waals surface area contributed by atoms with E-state index < -0.39 is 0 Å². The number of benzene rings is 2. The molecular weight excluding hydrogens is 286 g/mol. The average Bonchev–Trinajstić information content (AvgIpc) is 2.63. The van der Waals surface area contributed by atoms with Crippen LogP contribution in [0.5, 0.6) is 0 Å². The Morgan fingerprint density at radius 2 is 1.35 bits per heavy atom. The van der Waals surface area contributed by atoms with E-state index in [0.717, 1.165) is 11.4 Å². The van der Waals surface area contributed by atoms with Crippen LogP contribution in [0.15, 0.2) is 111 Å². The molecule has 0 aliphatic heterocycles. The number of rotatable bonds is 5. The van der Waals surface area contributed by atoms with E-state index in [9.17, 15) is 0 Å². The highest BCUT2D eigenvalue weighted by molar-refractivity contribution is 5.93. The second kappa shape index (κ2) is 8.94. The Hall–Kier alpha value is -3.21. The van der Waals surface area contributed by atoms with E-state index in [1.807, 2.05) is 67.6 Å². The van der Waals surface area contributed by atoms with E-state index in [2.05, 4.69) is 32.0 Å². The maximum Gasteiger partial charge on any atom is 0.176 e. The summed E-state index contributed by atoms with van der Waals surface area (Å²) in [4.78, 5) is 4.28. The quantitative estimate of drug-likeness (QED) is 0.369. The minimum atomic E-state index is 0.369. The van der Waals surface area contributed by atoms with Gasteiger partial charge < -0.3 is 0 Å². The van der Waals surface area contributed by atoms with Crippen LogP contribution in [0.3, 0.4) is 0 Å². The summed E-state index contributed by atoms with van der Waals surface area (Å²) in [6.07, 6.45) is 3.27. The van der Waals surface area contributed by atoms with Gasteiger partial charge in [0.25, 0.3) is 0 Å². The van der Waals surface area contributed by atoms with Crippen LogP contribution in [0.1, 0.15) is 6.92 Å². The van der Waals surface area contributed by atoms with Crippen LogP contribution < -0.4 is 0 Å². The zero-order chi connectivity index (χ0) is 16.3. The second-order valence-corrected chi connectivity index (χ2v) is 4.39. The van der Waals surface area contributed by atoms with Crippen LogP contribution >= 0.6 is 0 Å². The molecule has 0 N–H and O–H groups in total. The molecule has 0 atom stereocenters. The van der Waals surface area contributed by atoms with Crippen LogP contribution in [0, 0.1) is 0 Å². The lowest BCUT2D eigenvalue weighted by Crippen LogP contribution is -1.87. The van der Waals surface area contributed by atoms with Crippen molar-refractivity contribution in [2.75, 3.05) is 0 Å². The molecular formula is C18H17N5. The normalized spacial score (nSPS) is 12.9. The summed E-state index contributed by atoms with van der Waals surface area (Å²) >= 11 is 0. The molecule has 23 heavy (non-hydrogen) atoms. The number of nitrogens with zero attached hydrogens (tertiary/aromatic N) is 5. The average molecular weight is 303 g/mol. The van der Waals surface area contributed by atoms with E-state index in [0.29, 0.717) is 11.7 Å². The number of allylic oxidation sites excluding steroid dienone is 1. The Morgan fingerprint density at radius 3 is 1.83 bits per heavy atom. The van der Waals surface area contributed by atoms with E-state index in [-0.39, 0.29) is 0 Å². The lowest BCUT2D eigenvalue weighted by molar-refractivity contribution is 1.08. The highest BCUT2D eigenvalue weighted by Crippen LogP contribution is 2.14. The van der Waals surface area contributed by atoms with Crippen molar-refractivity contribution < 1.29 is 0 Å². The Morgan fingerprint density at radius 1 is 0.826 bits per heavy atom. The number of aliphatic imine (C=N–C) groups is 1. The minimum absolute atomic E-state index is 0.369. The Bertz CT molecular complexity index is 743. The molecule has 114 valence electrons. The number of hydrogen-bond acceptors (Lipinski definition) is 4. The minimum Gasteiger partial charge on any atom is -0.206 e. The molecule has 5 nitrogen and oxygen atoms in total. The fourth-order valence-electron chi connectivity index (χ4n) is 1.58. The Labute approximate surface area is 135 Å².